The largest absolute Gasteiger partial charge is 0.497 e. The first kappa shape index (κ1) is 19.3. The molecule has 7 heteroatoms. The number of nitrogens with zero attached hydrogens (tertiary/aromatic N) is 2. The van der Waals surface area contributed by atoms with Crippen molar-refractivity contribution in [1.29, 1.82) is 0 Å². The molecule has 0 radical (unpaired) electrons. The molecule has 1 aliphatic rings. The normalized spacial score (nSPS) is 15.4. The second-order valence-corrected chi connectivity index (χ2v) is 7.98. The second-order valence-electron chi connectivity index (χ2n) is 7.98. The maximum Gasteiger partial charge on any atom is 0.296 e. The molecule has 0 N–H and O–H groups in total. The van der Waals surface area contributed by atoms with Crippen LogP contribution >= 0.6 is 0 Å². The molecular weight excluding hydrogens is 420 g/mol. The van der Waals surface area contributed by atoms with Crippen LogP contribution in [0.5, 0.6) is 5.75 Å². The quantitative estimate of drug-likeness (QED) is 0.369. The van der Waals surface area contributed by atoms with Crippen LogP contribution in [0.15, 0.2) is 80.5 Å². The molecule has 1 amide bonds. The van der Waals surface area contributed by atoms with Gasteiger partial charge < -0.3 is 13.7 Å². The smallest absolute Gasteiger partial charge is 0.296 e. The van der Waals surface area contributed by atoms with Gasteiger partial charge >= 0.3 is 0 Å². The highest BCUT2D eigenvalue weighted by Crippen LogP contribution is 2.42. The van der Waals surface area contributed by atoms with Gasteiger partial charge in [-0.15, -0.1) is 0 Å². The molecule has 0 fully saturated rings. The van der Waals surface area contributed by atoms with Gasteiger partial charge in [0.1, 0.15) is 17.1 Å². The molecule has 5 aromatic rings. The van der Waals surface area contributed by atoms with E-state index in [9.17, 15) is 9.59 Å². The van der Waals surface area contributed by atoms with Gasteiger partial charge in [0.25, 0.3) is 5.91 Å². The van der Waals surface area contributed by atoms with Crippen molar-refractivity contribution in [3.05, 3.63) is 99.6 Å². The van der Waals surface area contributed by atoms with E-state index in [1.54, 1.807) is 38.3 Å². The van der Waals surface area contributed by atoms with Gasteiger partial charge in [-0.1, -0.05) is 47.6 Å². The first-order valence-corrected chi connectivity index (χ1v) is 10.5. The number of anilines is 1. The number of carbonyl (C=O) groups is 1. The second kappa shape index (κ2) is 7.06. The maximum absolute atomic E-state index is 13.8. The minimum atomic E-state index is -0.713. The van der Waals surface area contributed by atoms with Crippen molar-refractivity contribution in [1.82, 2.24) is 5.16 Å². The topological polar surface area (TPSA) is 85.8 Å². The van der Waals surface area contributed by atoms with Gasteiger partial charge in [-0.25, -0.2) is 0 Å². The highest BCUT2D eigenvalue weighted by Gasteiger charge is 2.45. The molecule has 0 aliphatic carbocycles. The highest BCUT2D eigenvalue weighted by molar-refractivity contribution is 6.12. The van der Waals surface area contributed by atoms with Crippen LogP contribution in [0.25, 0.3) is 21.7 Å². The first-order chi connectivity index (χ1) is 16.1. The zero-order valence-electron chi connectivity index (χ0n) is 17.9. The predicted molar refractivity (Wildman–Crippen MR) is 123 cm³/mol. The Morgan fingerprint density at radius 1 is 0.970 bits per heavy atom. The molecule has 1 aliphatic heterocycles. The number of amides is 1. The Bertz CT molecular complexity index is 1610. The Morgan fingerprint density at radius 3 is 2.48 bits per heavy atom. The van der Waals surface area contributed by atoms with Crippen LogP contribution in [0.2, 0.25) is 0 Å². The number of carbonyl (C=O) groups excluding carboxylic acids is 1. The van der Waals surface area contributed by atoms with Crippen LogP contribution < -0.4 is 15.1 Å². The van der Waals surface area contributed by atoms with Gasteiger partial charge in [0, 0.05) is 11.5 Å². The van der Waals surface area contributed by atoms with Crippen molar-refractivity contribution >= 4 is 33.5 Å². The van der Waals surface area contributed by atoms with Crippen molar-refractivity contribution in [2.45, 2.75) is 13.0 Å². The molecule has 7 nitrogen and oxygen atoms in total. The Kier molecular flexibility index (Phi) is 4.13. The fraction of sp³-hybridized carbons (Fsp3) is 0.115. The lowest BCUT2D eigenvalue weighted by Gasteiger charge is -2.22. The van der Waals surface area contributed by atoms with Crippen molar-refractivity contribution in [2.24, 2.45) is 0 Å². The standard InChI is InChI=1S/C26H18N2O5/c1-14-13-20(27-33-14)28-22(16-7-10-17(31-2)11-8-16)21-23(29)19-12-9-15-5-3-4-6-18(15)24(19)32-25(21)26(28)30/h3-13,22H,1-2H3/t22-/m0/s1. The fourth-order valence-electron chi connectivity index (χ4n) is 4.51. The molecule has 0 spiro atoms. The molecule has 0 unspecified atom stereocenters. The zero-order chi connectivity index (χ0) is 22.7. The molecule has 0 saturated carbocycles. The van der Waals surface area contributed by atoms with E-state index in [4.69, 9.17) is 13.7 Å². The number of hydrogen-bond acceptors (Lipinski definition) is 6. The van der Waals surface area contributed by atoms with Gasteiger partial charge in [0.2, 0.25) is 5.76 Å². The van der Waals surface area contributed by atoms with E-state index in [-0.39, 0.29) is 16.8 Å². The molecule has 6 rings (SSSR count). The van der Waals surface area contributed by atoms with Crippen LogP contribution in [-0.2, 0) is 0 Å². The average Bonchev–Trinajstić information content (AvgIpc) is 3.40. The van der Waals surface area contributed by atoms with E-state index >= 15 is 0 Å². The molecular formula is C26H18N2O5. The lowest BCUT2D eigenvalue weighted by atomic mass is 9.97. The lowest BCUT2D eigenvalue weighted by molar-refractivity contribution is 0.0969. The number of aryl methyl sites for hydroxylation is 1. The van der Waals surface area contributed by atoms with E-state index in [1.165, 1.54) is 4.90 Å². The molecule has 3 heterocycles. The first-order valence-electron chi connectivity index (χ1n) is 10.5. The van der Waals surface area contributed by atoms with Crippen molar-refractivity contribution in [3.8, 4) is 5.75 Å². The summed E-state index contributed by atoms with van der Waals surface area (Å²) in [4.78, 5) is 28.9. The summed E-state index contributed by atoms with van der Waals surface area (Å²) in [5.41, 5.74) is 1.18. The maximum atomic E-state index is 13.8. The van der Waals surface area contributed by atoms with Gasteiger partial charge in [0.15, 0.2) is 11.2 Å². The monoisotopic (exact) mass is 438 g/mol. The average molecular weight is 438 g/mol. The van der Waals surface area contributed by atoms with E-state index in [1.807, 2.05) is 42.5 Å². The summed E-state index contributed by atoms with van der Waals surface area (Å²) < 4.78 is 16.7. The number of hydrogen-bond donors (Lipinski definition) is 0. The SMILES string of the molecule is COc1ccc([C@H]2c3c(oc4c(ccc5ccccc54)c3=O)C(=O)N2c2cc(C)on2)cc1. The summed E-state index contributed by atoms with van der Waals surface area (Å²) in [6.45, 7) is 1.75. The summed E-state index contributed by atoms with van der Waals surface area (Å²) in [6, 6.07) is 19.4. The van der Waals surface area contributed by atoms with E-state index in [0.29, 0.717) is 28.3 Å². The Hall–Kier alpha value is -4.39. The van der Waals surface area contributed by atoms with Gasteiger partial charge in [0.05, 0.1) is 24.1 Å². The summed E-state index contributed by atoms with van der Waals surface area (Å²) in [6.07, 6.45) is 0. The summed E-state index contributed by atoms with van der Waals surface area (Å²) in [5, 5.41) is 6.18. The zero-order valence-corrected chi connectivity index (χ0v) is 17.9. The van der Waals surface area contributed by atoms with Gasteiger partial charge in [-0.2, -0.15) is 0 Å². The van der Waals surface area contributed by atoms with Gasteiger partial charge in [-0.3, -0.25) is 14.5 Å². The third kappa shape index (κ3) is 2.79. The van der Waals surface area contributed by atoms with Crippen molar-refractivity contribution in [2.75, 3.05) is 12.0 Å². The van der Waals surface area contributed by atoms with Crippen LogP contribution in [0.4, 0.5) is 5.82 Å². The third-order valence-corrected chi connectivity index (χ3v) is 6.06. The molecule has 3 aromatic carbocycles. The molecule has 1 atom stereocenters. The van der Waals surface area contributed by atoms with Crippen LogP contribution in [0.1, 0.15) is 33.5 Å². The van der Waals surface area contributed by atoms with E-state index in [2.05, 4.69) is 5.16 Å². The number of methoxy groups -OCH3 is 1. The number of ether oxygens (including phenoxy) is 1. The number of rotatable bonds is 3. The van der Waals surface area contributed by atoms with Crippen LogP contribution in [-0.4, -0.2) is 18.2 Å². The summed E-state index contributed by atoms with van der Waals surface area (Å²) >= 11 is 0. The molecule has 33 heavy (non-hydrogen) atoms. The lowest BCUT2D eigenvalue weighted by Crippen LogP contribution is -2.29. The number of fused-ring (bicyclic) bond motifs is 4. The van der Waals surface area contributed by atoms with E-state index in [0.717, 1.165) is 16.3 Å². The predicted octanol–water partition coefficient (Wildman–Crippen LogP) is 5.00. The van der Waals surface area contributed by atoms with E-state index < -0.39 is 11.9 Å². The van der Waals surface area contributed by atoms with Crippen LogP contribution in [0, 0.1) is 6.92 Å². The number of benzene rings is 3. The molecule has 162 valence electrons. The van der Waals surface area contributed by atoms with Gasteiger partial charge in [-0.05, 0) is 36.1 Å². The van der Waals surface area contributed by atoms with Crippen molar-refractivity contribution in [3.63, 3.8) is 0 Å². The Morgan fingerprint density at radius 2 is 1.76 bits per heavy atom. The fourth-order valence-corrected chi connectivity index (χ4v) is 4.51. The molecule has 2 aromatic heterocycles. The Balaban J connectivity index is 1.66. The van der Waals surface area contributed by atoms with Crippen molar-refractivity contribution < 1.29 is 18.5 Å². The summed E-state index contributed by atoms with van der Waals surface area (Å²) in [5.74, 6) is 1.12. The molecule has 0 bridgehead atoms. The summed E-state index contributed by atoms with van der Waals surface area (Å²) in [7, 11) is 1.58. The number of aromatic nitrogens is 1. The highest BCUT2D eigenvalue weighted by atomic mass is 16.5. The van der Waals surface area contributed by atoms with Crippen LogP contribution in [0.3, 0.4) is 0 Å². The minimum absolute atomic E-state index is 0.0188. The Labute approximate surface area is 187 Å². The third-order valence-electron chi connectivity index (χ3n) is 6.06. The molecule has 0 saturated heterocycles. The minimum Gasteiger partial charge on any atom is -0.497 e.